The molecule has 1 aliphatic heterocycles. The van der Waals surface area contributed by atoms with Gasteiger partial charge in [0.15, 0.2) is 0 Å². The van der Waals surface area contributed by atoms with E-state index in [0.717, 1.165) is 11.1 Å². The Morgan fingerprint density at radius 1 is 1.39 bits per heavy atom. The van der Waals surface area contributed by atoms with Crippen LogP contribution in [0.3, 0.4) is 0 Å². The van der Waals surface area contributed by atoms with Gasteiger partial charge in [0.2, 0.25) is 0 Å². The summed E-state index contributed by atoms with van der Waals surface area (Å²) in [6.07, 6.45) is 1.58. The molecule has 18 heavy (non-hydrogen) atoms. The molecule has 0 unspecified atom stereocenters. The maximum atomic E-state index is 11.6. The highest BCUT2D eigenvalue weighted by Crippen LogP contribution is 2.28. The average Bonchev–Trinajstić information content (AvgIpc) is 2.74. The number of aromatic nitrogens is 2. The molecule has 0 atom stereocenters. The van der Waals surface area contributed by atoms with Gasteiger partial charge in [-0.05, 0) is 18.6 Å². The minimum Gasteiger partial charge on any atom is -0.348 e. The van der Waals surface area contributed by atoms with Crippen LogP contribution in [0.2, 0.25) is 5.02 Å². The minimum absolute atomic E-state index is 0.0475. The Labute approximate surface area is 109 Å². The third-order valence-corrected chi connectivity index (χ3v) is 3.21. The molecule has 0 saturated heterocycles. The number of amides is 1. The number of hydrogen-bond acceptors (Lipinski definition) is 3. The maximum absolute atomic E-state index is 11.6. The number of hydrogen-bond donors (Lipinski definition) is 1. The van der Waals surface area contributed by atoms with Crippen molar-refractivity contribution in [2.45, 2.75) is 13.5 Å². The standard InChI is InChI=1S/C13H10ClN3O/c1-7-15-6-11(14)12(17-7)8-2-3-9-5-16-13(18)10(9)4-8/h2-4,6H,5H2,1H3,(H,16,18). The first-order valence-corrected chi connectivity index (χ1v) is 5.93. The Morgan fingerprint density at radius 3 is 3.06 bits per heavy atom. The highest BCUT2D eigenvalue weighted by atomic mass is 35.5. The van der Waals surface area contributed by atoms with Crippen LogP contribution in [-0.4, -0.2) is 15.9 Å². The molecule has 2 heterocycles. The first-order valence-electron chi connectivity index (χ1n) is 5.56. The van der Waals surface area contributed by atoms with Crippen molar-refractivity contribution < 1.29 is 4.79 Å². The van der Waals surface area contributed by atoms with Crippen LogP contribution in [0.1, 0.15) is 21.7 Å². The Morgan fingerprint density at radius 2 is 2.22 bits per heavy atom. The van der Waals surface area contributed by atoms with Crippen LogP contribution >= 0.6 is 11.6 Å². The van der Waals surface area contributed by atoms with Crippen LogP contribution in [0.5, 0.6) is 0 Å². The molecule has 3 rings (SSSR count). The van der Waals surface area contributed by atoms with Gasteiger partial charge in [0.05, 0.1) is 10.7 Å². The summed E-state index contributed by atoms with van der Waals surface area (Å²) in [4.78, 5) is 20.0. The van der Waals surface area contributed by atoms with E-state index in [0.29, 0.717) is 28.6 Å². The smallest absolute Gasteiger partial charge is 0.251 e. The fourth-order valence-electron chi connectivity index (χ4n) is 2.02. The molecule has 1 N–H and O–H groups in total. The number of carbonyl (C=O) groups excluding carboxylic acids is 1. The largest absolute Gasteiger partial charge is 0.348 e. The van der Waals surface area contributed by atoms with Crippen LogP contribution in [0.4, 0.5) is 0 Å². The molecule has 5 heteroatoms. The summed E-state index contributed by atoms with van der Waals surface area (Å²) in [6, 6.07) is 5.68. The van der Waals surface area contributed by atoms with E-state index in [4.69, 9.17) is 11.6 Å². The summed E-state index contributed by atoms with van der Waals surface area (Å²) >= 11 is 6.09. The number of nitrogens with one attached hydrogen (secondary N) is 1. The number of aryl methyl sites for hydroxylation is 1. The second-order valence-corrected chi connectivity index (χ2v) is 4.58. The van der Waals surface area contributed by atoms with Crippen molar-refractivity contribution in [2.24, 2.45) is 0 Å². The molecule has 0 aliphatic carbocycles. The molecule has 4 nitrogen and oxygen atoms in total. The number of halogens is 1. The van der Waals surface area contributed by atoms with E-state index in [1.54, 1.807) is 13.1 Å². The van der Waals surface area contributed by atoms with E-state index in [2.05, 4.69) is 15.3 Å². The molecule has 0 radical (unpaired) electrons. The van der Waals surface area contributed by atoms with Crippen LogP contribution in [0, 0.1) is 6.92 Å². The summed E-state index contributed by atoms with van der Waals surface area (Å²) in [5, 5.41) is 3.27. The molecule has 2 aromatic rings. The lowest BCUT2D eigenvalue weighted by Gasteiger charge is -2.05. The van der Waals surface area contributed by atoms with Crippen LogP contribution in [-0.2, 0) is 6.54 Å². The third-order valence-electron chi connectivity index (χ3n) is 2.93. The first-order chi connectivity index (χ1) is 8.65. The molecule has 0 spiro atoms. The zero-order chi connectivity index (χ0) is 12.7. The number of benzene rings is 1. The lowest BCUT2D eigenvalue weighted by molar-refractivity contribution is 0.0966. The van der Waals surface area contributed by atoms with Gasteiger partial charge in [-0.1, -0.05) is 23.7 Å². The first kappa shape index (κ1) is 11.2. The SMILES string of the molecule is Cc1ncc(Cl)c(-c2ccc3c(c2)C(=O)NC3)n1. The molecule has 1 aromatic carbocycles. The third kappa shape index (κ3) is 1.75. The van der Waals surface area contributed by atoms with Gasteiger partial charge >= 0.3 is 0 Å². The maximum Gasteiger partial charge on any atom is 0.251 e. The van der Waals surface area contributed by atoms with Gasteiger partial charge in [0, 0.05) is 23.9 Å². The summed E-state index contributed by atoms with van der Waals surface area (Å²) in [7, 11) is 0. The topological polar surface area (TPSA) is 54.9 Å². The lowest BCUT2D eigenvalue weighted by atomic mass is 10.0. The summed E-state index contributed by atoms with van der Waals surface area (Å²) in [5.41, 5.74) is 3.19. The predicted octanol–water partition coefficient (Wildman–Crippen LogP) is 2.35. The van der Waals surface area contributed by atoms with E-state index in [1.165, 1.54) is 0 Å². The molecule has 1 amide bonds. The van der Waals surface area contributed by atoms with Gasteiger partial charge < -0.3 is 5.32 Å². The molecule has 1 aromatic heterocycles. The predicted molar refractivity (Wildman–Crippen MR) is 68.4 cm³/mol. The molecular weight excluding hydrogens is 250 g/mol. The summed E-state index contributed by atoms with van der Waals surface area (Å²) < 4.78 is 0. The zero-order valence-electron chi connectivity index (χ0n) is 9.70. The molecule has 0 fully saturated rings. The van der Waals surface area contributed by atoms with Crippen molar-refractivity contribution in [3.05, 3.63) is 46.4 Å². The lowest BCUT2D eigenvalue weighted by Crippen LogP contribution is -2.12. The van der Waals surface area contributed by atoms with Crippen LogP contribution in [0.25, 0.3) is 11.3 Å². The van der Waals surface area contributed by atoms with E-state index in [9.17, 15) is 4.79 Å². The minimum atomic E-state index is -0.0475. The Bertz CT molecular complexity index is 655. The van der Waals surface area contributed by atoms with Crippen molar-refractivity contribution >= 4 is 17.5 Å². The zero-order valence-corrected chi connectivity index (χ0v) is 10.5. The van der Waals surface area contributed by atoms with Crippen molar-refractivity contribution in [1.29, 1.82) is 0 Å². The van der Waals surface area contributed by atoms with Gasteiger partial charge in [-0.15, -0.1) is 0 Å². The average molecular weight is 260 g/mol. The van der Waals surface area contributed by atoms with Gasteiger partial charge in [0.1, 0.15) is 5.82 Å². The highest BCUT2D eigenvalue weighted by molar-refractivity contribution is 6.32. The monoisotopic (exact) mass is 259 g/mol. The fourth-order valence-corrected chi connectivity index (χ4v) is 2.22. The number of nitrogens with zero attached hydrogens (tertiary/aromatic N) is 2. The van der Waals surface area contributed by atoms with E-state index < -0.39 is 0 Å². The van der Waals surface area contributed by atoms with Crippen molar-refractivity contribution in [2.75, 3.05) is 0 Å². The number of fused-ring (bicyclic) bond motifs is 1. The Kier molecular flexibility index (Phi) is 2.52. The Balaban J connectivity index is 2.16. The van der Waals surface area contributed by atoms with E-state index >= 15 is 0 Å². The van der Waals surface area contributed by atoms with Crippen molar-refractivity contribution in [1.82, 2.24) is 15.3 Å². The number of rotatable bonds is 1. The van der Waals surface area contributed by atoms with Crippen LogP contribution < -0.4 is 5.32 Å². The normalized spacial score (nSPS) is 13.3. The fraction of sp³-hybridized carbons (Fsp3) is 0.154. The second-order valence-electron chi connectivity index (χ2n) is 4.17. The van der Waals surface area contributed by atoms with Gasteiger partial charge in [-0.25, -0.2) is 9.97 Å². The van der Waals surface area contributed by atoms with Gasteiger partial charge in [-0.3, -0.25) is 4.79 Å². The molecule has 0 saturated carbocycles. The second kappa shape index (κ2) is 4.07. The molecular formula is C13H10ClN3O. The number of carbonyl (C=O) groups is 1. The Hall–Kier alpha value is -1.94. The van der Waals surface area contributed by atoms with Crippen molar-refractivity contribution in [3.63, 3.8) is 0 Å². The molecule has 1 aliphatic rings. The van der Waals surface area contributed by atoms with E-state index in [1.807, 2.05) is 18.2 Å². The van der Waals surface area contributed by atoms with E-state index in [-0.39, 0.29) is 5.91 Å². The summed E-state index contributed by atoms with van der Waals surface area (Å²) in [5.74, 6) is 0.605. The van der Waals surface area contributed by atoms with Crippen LogP contribution in [0.15, 0.2) is 24.4 Å². The van der Waals surface area contributed by atoms with Gasteiger partial charge in [-0.2, -0.15) is 0 Å². The molecule has 0 bridgehead atoms. The summed E-state index contributed by atoms with van der Waals surface area (Å²) in [6.45, 7) is 2.39. The quantitative estimate of drug-likeness (QED) is 0.855. The highest BCUT2D eigenvalue weighted by Gasteiger charge is 2.19. The van der Waals surface area contributed by atoms with Crippen molar-refractivity contribution in [3.8, 4) is 11.3 Å². The van der Waals surface area contributed by atoms with Gasteiger partial charge in [0.25, 0.3) is 5.91 Å². The molecule has 90 valence electrons.